The maximum Gasteiger partial charge on any atom is 0.522 e. The van der Waals surface area contributed by atoms with Crippen LogP contribution in [0.3, 0.4) is 0 Å². The van der Waals surface area contributed by atoms with Gasteiger partial charge in [-0.3, -0.25) is 4.74 Å². The molecule has 11 heteroatoms. The number of nitrogens with one attached hydrogen (secondary N) is 1. The zero-order valence-corrected chi connectivity index (χ0v) is 17.5. The Morgan fingerprint density at radius 2 is 2.21 bits per heavy atom. The highest BCUT2D eigenvalue weighted by Gasteiger charge is 2.29. The minimum Gasteiger partial charge on any atom is -0.456 e. The fourth-order valence-corrected chi connectivity index (χ4v) is 3.93. The van der Waals surface area contributed by atoms with Crippen LogP contribution in [-0.2, 0) is 17.7 Å². The molecule has 3 aromatic heterocycles. The number of furan rings is 1. The quantitative estimate of drug-likeness (QED) is 0.389. The van der Waals surface area contributed by atoms with Crippen LogP contribution in [0.4, 0.5) is 18.9 Å². The molecule has 0 aliphatic carbocycles. The minimum atomic E-state index is -4.66. The van der Waals surface area contributed by atoms with E-state index in [0.29, 0.717) is 33.6 Å². The number of rotatable bonds is 8. The van der Waals surface area contributed by atoms with Crippen molar-refractivity contribution in [3.63, 3.8) is 0 Å². The van der Waals surface area contributed by atoms with Crippen LogP contribution in [0, 0.1) is 0 Å². The maximum atomic E-state index is 12.1. The first-order chi connectivity index (χ1) is 13.2. The molecule has 0 fully saturated rings. The topological polar surface area (TPSA) is 73.3 Å². The molecule has 3 heterocycles. The molecule has 0 radical (unpaired) electrons. The Bertz CT molecular complexity index is 934. The Morgan fingerprint density at radius 3 is 2.89 bits per heavy atom. The van der Waals surface area contributed by atoms with E-state index in [0.717, 1.165) is 4.88 Å². The van der Waals surface area contributed by atoms with Gasteiger partial charge in [-0.1, -0.05) is 17.7 Å². The number of pyridine rings is 1. The third kappa shape index (κ3) is 5.60. The number of alkyl halides is 3. The summed E-state index contributed by atoms with van der Waals surface area (Å²) >= 11 is 11.2. The average Bonchev–Trinajstić information content (AvgIpc) is 3.21. The van der Waals surface area contributed by atoms with E-state index in [1.807, 2.05) is 17.5 Å². The molecule has 0 aliphatic heterocycles. The summed E-state index contributed by atoms with van der Waals surface area (Å²) in [5.74, 6) is 0.489. The van der Waals surface area contributed by atoms with Gasteiger partial charge < -0.3 is 15.5 Å². The number of anilines is 1. The van der Waals surface area contributed by atoms with Gasteiger partial charge in [0, 0.05) is 30.0 Å². The molecule has 0 aromatic carbocycles. The predicted molar refractivity (Wildman–Crippen MR) is 107 cm³/mol. The normalized spacial score (nSPS) is 13.2. The average molecular weight is 499 g/mol. The Balaban J connectivity index is 1.74. The van der Waals surface area contributed by atoms with E-state index in [1.165, 1.54) is 0 Å². The summed E-state index contributed by atoms with van der Waals surface area (Å²) in [7, 11) is 0. The molecule has 0 unspecified atom stereocenters. The fraction of sp³-hybridized carbons (Fsp3) is 0.353. The smallest absolute Gasteiger partial charge is 0.456 e. The SMILES string of the molecule is N[C@@H](CCOC(F)(F)F)Cc1oc2c(NCc3cccs3)cc(Cl)nc2c1Br. The molecule has 0 spiro atoms. The number of nitrogens with two attached hydrogens (primary N) is 1. The van der Waals surface area contributed by atoms with Crippen molar-refractivity contribution in [2.24, 2.45) is 5.73 Å². The van der Waals surface area contributed by atoms with E-state index < -0.39 is 19.0 Å². The molecule has 5 nitrogen and oxygen atoms in total. The van der Waals surface area contributed by atoms with Gasteiger partial charge in [-0.25, -0.2) is 4.98 Å². The van der Waals surface area contributed by atoms with Crippen molar-refractivity contribution in [1.82, 2.24) is 4.98 Å². The van der Waals surface area contributed by atoms with Gasteiger partial charge in [0.2, 0.25) is 0 Å². The first-order valence-electron chi connectivity index (χ1n) is 8.23. The molecular formula is C17H16BrClF3N3O2S. The van der Waals surface area contributed by atoms with E-state index in [4.69, 9.17) is 21.8 Å². The Labute approximate surface area is 176 Å². The van der Waals surface area contributed by atoms with Crippen molar-refractivity contribution in [2.45, 2.75) is 31.8 Å². The van der Waals surface area contributed by atoms with E-state index in [-0.39, 0.29) is 18.0 Å². The Hall–Kier alpha value is -1.33. The van der Waals surface area contributed by atoms with E-state index in [1.54, 1.807) is 17.4 Å². The number of thiophene rings is 1. The number of hydrogen-bond acceptors (Lipinski definition) is 6. The maximum absolute atomic E-state index is 12.1. The standard InChI is InChI=1S/C17H16BrClF3N3O2S/c18-14-12(6-9(23)3-4-26-17(20,21)22)27-16-11(7-13(19)25-15(14)16)24-8-10-2-1-5-28-10/h1-2,5,7,9H,3-4,6,8,23H2,(H,24,25)/t9-/m0/s1. The molecule has 0 bridgehead atoms. The van der Waals surface area contributed by atoms with Crippen molar-refractivity contribution in [3.05, 3.63) is 43.8 Å². The second-order valence-corrected chi connectivity index (χ2v) is 8.20. The van der Waals surface area contributed by atoms with Crippen LogP contribution < -0.4 is 11.1 Å². The zero-order chi connectivity index (χ0) is 20.3. The second kappa shape index (κ2) is 9.00. The summed E-state index contributed by atoms with van der Waals surface area (Å²) in [5, 5.41) is 5.54. The lowest BCUT2D eigenvalue weighted by Crippen LogP contribution is -2.26. The highest BCUT2D eigenvalue weighted by molar-refractivity contribution is 9.10. The van der Waals surface area contributed by atoms with Gasteiger partial charge >= 0.3 is 6.36 Å². The number of halogens is 5. The molecule has 152 valence electrons. The molecular weight excluding hydrogens is 483 g/mol. The largest absolute Gasteiger partial charge is 0.522 e. The van der Waals surface area contributed by atoms with Crippen LogP contribution in [-0.4, -0.2) is 24.0 Å². The summed E-state index contributed by atoms with van der Waals surface area (Å²) in [5.41, 5.74) is 7.62. The lowest BCUT2D eigenvalue weighted by molar-refractivity contribution is -0.324. The summed E-state index contributed by atoms with van der Waals surface area (Å²) in [6, 6.07) is 5.05. The number of hydrogen-bond donors (Lipinski definition) is 2. The van der Waals surface area contributed by atoms with Crippen molar-refractivity contribution in [1.29, 1.82) is 0 Å². The first-order valence-corrected chi connectivity index (χ1v) is 10.3. The molecule has 3 aromatic rings. The van der Waals surface area contributed by atoms with Crippen molar-refractivity contribution in [3.8, 4) is 0 Å². The van der Waals surface area contributed by atoms with Gasteiger partial charge in [0.1, 0.15) is 16.4 Å². The third-order valence-electron chi connectivity index (χ3n) is 3.85. The number of fused-ring (bicyclic) bond motifs is 1. The third-order valence-corrected chi connectivity index (χ3v) is 5.74. The van der Waals surface area contributed by atoms with E-state index in [2.05, 4.69) is 31.0 Å². The van der Waals surface area contributed by atoms with Gasteiger partial charge in [-0.2, -0.15) is 0 Å². The highest BCUT2D eigenvalue weighted by atomic mass is 79.9. The molecule has 28 heavy (non-hydrogen) atoms. The van der Waals surface area contributed by atoms with E-state index >= 15 is 0 Å². The summed E-state index contributed by atoms with van der Waals surface area (Å²) in [4.78, 5) is 5.41. The molecule has 3 N–H and O–H groups in total. The van der Waals surface area contributed by atoms with Crippen LogP contribution >= 0.6 is 38.9 Å². The van der Waals surface area contributed by atoms with Crippen LogP contribution in [0.5, 0.6) is 0 Å². The minimum absolute atomic E-state index is 0.0284. The Kier molecular flexibility index (Phi) is 6.87. The summed E-state index contributed by atoms with van der Waals surface area (Å²) in [6.07, 6.45) is -4.41. The molecule has 0 saturated carbocycles. The predicted octanol–water partition coefficient (Wildman–Crippen LogP) is 5.71. The number of ether oxygens (including phenoxy) is 1. The van der Waals surface area contributed by atoms with Crippen LogP contribution in [0.15, 0.2) is 32.5 Å². The highest BCUT2D eigenvalue weighted by Crippen LogP contribution is 2.36. The Morgan fingerprint density at radius 1 is 1.43 bits per heavy atom. The molecule has 0 saturated heterocycles. The van der Waals surface area contributed by atoms with Crippen molar-refractivity contribution in [2.75, 3.05) is 11.9 Å². The van der Waals surface area contributed by atoms with Crippen molar-refractivity contribution >= 4 is 55.7 Å². The molecule has 0 aliphatic rings. The lowest BCUT2D eigenvalue weighted by Gasteiger charge is -2.11. The number of aromatic nitrogens is 1. The van der Waals surface area contributed by atoms with Crippen LogP contribution in [0.2, 0.25) is 5.15 Å². The summed E-state index contributed by atoms with van der Waals surface area (Å²) in [6.45, 7) is 0.0786. The summed E-state index contributed by atoms with van der Waals surface area (Å²) < 4.78 is 46.5. The van der Waals surface area contributed by atoms with Gasteiger partial charge in [0.05, 0.1) is 16.8 Å². The zero-order valence-electron chi connectivity index (χ0n) is 14.4. The van der Waals surface area contributed by atoms with Crippen LogP contribution in [0.1, 0.15) is 17.1 Å². The number of nitrogens with zero attached hydrogens (tertiary/aromatic N) is 1. The van der Waals surface area contributed by atoms with Gasteiger partial charge in [0.15, 0.2) is 5.58 Å². The van der Waals surface area contributed by atoms with Gasteiger partial charge in [-0.05, 0) is 33.8 Å². The second-order valence-electron chi connectivity index (χ2n) is 5.99. The van der Waals surface area contributed by atoms with Gasteiger partial charge in [0.25, 0.3) is 0 Å². The molecule has 3 rings (SSSR count). The monoisotopic (exact) mass is 497 g/mol. The van der Waals surface area contributed by atoms with Crippen LogP contribution in [0.25, 0.3) is 11.1 Å². The van der Waals surface area contributed by atoms with E-state index in [9.17, 15) is 13.2 Å². The fourth-order valence-electron chi connectivity index (χ4n) is 2.58. The molecule has 1 atom stereocenters. The van der Waals surface area contributed by atoms with Crippen molar-refractivity contribution < 1.29 is 22.3 Å². The first kappa shape index (κ1) is 21.4. The van der Waals surface area contributed by atoms with Gasteiger partial charge in [-0.15, -0.1) is 24.5 Å². The lowest BCUT2D eigenvalue weighted by atomic mass is 10.1. The molecule has 0 amide bonds.